The molecule has 2 rings (SSSR count). The number of ether oxygens (including phenoxy) is 1. The molecule has 0 fully saturated rings. The molecule has 1 aromatic carbocycles. The van der Waals surface area contributed by atoms with Crippen molar-refractivity contribution in [3.63, 3.8) is 0 Å². The zero-order chi connectivity index (χ0) is 20.7. The van der Waals surface area contributed by atoms with Crippen LogP contribution in [0, 0.1) is 5.41 Å². The summed E-state index contributed by atoms with van der Waals surface area (Å²) in [6, 6.07) is 7.11. The highest BCUT2D eigenvalue weighted by atomic mass is 16.5. The molecule has 0 heterocycles. The minimum Gasteiger partial charge on any atom is -0.457 e. The Hall–Kier alpha value is -2.87. The van der Waals surface area contributed by atoms with Gasteiger partial charge in [-0.1, -0.05) is 83.4 Å². The summed E-state index contributed by atoms with van der Waals surface area (Å²) in [5.74, 6) is 1.30. The van der Waals surface area contributed by atoms with Gasteiger partial charge in [-0.05, 0) is 43.3 Å². The van der Waals surface area contributed by atoms with E-state index in [-0.39, 0.29) is 5.78 Å². The zero-order valence-electron chi connectivity index (χ0n) is 17.2. The van der Waals surface area contributed by atoms with E-state index in [1.165, 1.54) is 0 Å². The molecule has 1 aliphatic rings. The number of carbonyl (C=O) groups excluding carboxylic acids is 1. The fourth-order valence-electron chi connectivity index (χ4n) is 2.23. The van der Waals surface area contributed by atoms with Crippen LogP contribution in [0.5, 0.6) is 5.75 Å². The van der Waals surface area contributed by atoms with Gasteiger partial charge in [0.25, 0.3) is 0 Å². The van der Waals surface area contributed by atoms with E-state index in [0.717, 1.165) is 0 Å². The van der Waals surface area contributed by atoms with Gasteiger partial charge in [0.2, 0.25) is 0 Å². The number of hydrogen-bond acceptors (Lipinski definition) is 2. The van der Waals surface area contributed by atoms with Crippen molar-refractivity contribution in [2.24, 2.45) is 5.41 Å². The van der Waals surface area contributed by atoms with E-state index < -0.39 is 5.41 Å². The van der Waals surface area contributed by atoms with Gasteiger partial charge >= 0.3 is 0 Å². The molecule has 1 aliphatic carbocycles. The summed E-state index contributed by atoms with van der Waals surface area (Å²) in [5.41, 5.74) is 0.00450. The van der Waals surface area contributed by atoms with Crippen molar-refractivity contribution in [3.05, 3.63) is 103 Å². The Morgan fingerprint density at radius 1 is 0.926 bits per heavy atom. The van der Waals surface area contributed by atoms with Gasteiger partial charge in [-0.3, -0.25) is 4.79 Å². The molecular formula is C25H32O2. The molecule has 0 unspecified atom stereocenters. The highest BCUT2D eigenvalue weighted by Crippen LogP contribution is 2.28. The van der Waals surface area contributed by atoms with Crippen molar-refractivity contribution in [2.45, 2.75) is 34.6 Å². The second kappa shape index (κ2) is 13.3. The minimum absolute atomic E-state index is 0.0471. The topological polar surface area (TPSA) is 26.3 Å². The number of rotatable bonds is 6. The third-order valence-corrected chi connectivity index (χ3v) is 3.54. The number of Topliss-reactive ketones (excluding diaryl/α,β-unsaturated/α-hetero) is 1. The fourth-order valence-corrected chi connectivity index (χ4v) is 2.23. The van der Waals surface area contributed by atoms with Crippen molar-refractivity contribution in [1.82, 2.24) is 0 Å². The molecular weight excluding hydrogens is 332 g/mol. The second-order valence-electron chi connectivity index (χ2n) is 5.35. The average Bonchev–Trinajstić information content (AvgIpc) is 2.96. The smallest absolute Gasteiger partial charge is 0.176 e. The van der Waals surface area contributed by atoms with Crippen molar-refractivity contribution in [3.8, 4) is 5.75 Å². The first-order valence-electron chi connectivity index (χ1n) is 9.40. The highest BCUT2D eigenvalue weighted by molar-refractivity contribution is 6.03. The first-order chi connectivity index (χ1) is 13.1. The van der Waals surface area contributed by atoms with Crippen molar-refractivity contribution >= 4 is 5.78 Å². The van der Waals surface area contributed by atoms with E-state index in [4.69, 9.17) is 4.74 Å². The second-order valence-corrected chi connectivity index (χ2v) is 5.35. The summed E-state index contributed by atoms with van der Waals surface area (Å²) in [4.78, 5) is 12.8. The normalized spacial score (nSPS) is 13.9. The third kappa shape index (κ3) is 7.49. The monoisotopic (exact) mass is 364 g/mol. The Labute approximate surface area is 165 Å². The van der Waals surface area contributed by atoms with Crippen LogP contribution in [-0.4, -0.2) is 5.78 Å². The van der Waals surface area contributed by atoms with Crippen LogP contribution in [-0.2, 0) is 0 Å². The van der Waals surface area contributed by atoms with Crippen LogP contribution in [0.1, 0.15) is 45.0 Å². The summed E-state index contributed by atoms with van der Waals surface area (Å²) < 4.78 is 5.65. The molecule has 2 heteroatoms. The molecule has 0 N–H and O–H groups in total. The Morgan fingerprint density at radius 3 is 1.89 bits per heavy atom. The number of ketones is 1. The average molecular weight is 365 g/mol. The predicted octanol–water partition coefficient (Wildman–Crippen LogP) is 7.24. The number of benzene rings is 1. The van der Waals surface area contributed by atoms with Gasteiger partial charge in [-0.25, -0.2) is 0 Å². The molecule has 0 atom stereocenters. The largest absolute Gasteiger partial charge is 0.457 e. The molecule has 1 aromatic rings. The summed E-state index contributed by atoms with van der Waals surface area (Å²) in [6.45, 7) is 17.2. The maximum atomic E-state index is 12.8. The molecule has 144 valence electrons. The summed E-state index contributed by atoms with van der Waals surface area (Å²) in [6.07, 6.45) is 16.4. The summed E-state index contributed by atoms with van der Waals surface area (Å²) in [7, 11) is 0. The summed E-state index contributed by atoms with van der Waals surface area (Å²) >= 11 is 0. The van der Waals surface area contributed by atoms with Crippen LogP contribution in [0.25, 0.3) is 0 Å². The lowest BCUT2D eigenvalue weighted by molar-refractivity contribution is 0.0908. The van der Waals surface area contributed by atoms with Gasteiger partial charge in [0, 0.05) is 5.56 Å². The lowest BCUT2D eigenvalue weighted by atomic mass is 9.82. The fraction of sp³-hybridized carbons (Fsp3) is 0.240. The van der Waals surface area contributed by atoms with Gasteiger partial charge in [0.15, 0.2) is 5.78 Å². The lowest BCUT2D eigenvalue weighted by Gasteiger charge is -2.20. The van der Waals surface area contributed by atoms with Crippen LogP contribution >= 0.6 is 0 Å². The quantitative estimate of drug-likeness (QED) is 0.302. The van der Waals surface area contributed by atoms with Crippen molar-refractivity contribution in [1.29, 1.82) is 0 Å². The van der Waals surface area contributed by atoms with E-state index in [1.807, 2.05) is 71.1 Å². The molecule has 2 nitrogen and oxygen atoms in total. The molecule has 0 aliphatic heterocycles. The van der Waals surface area contributed by atoms with Crippen LogP contribution < -0.4 is 4.74 Å². The molecule has 0 saturated carbocycles. The van der Waals surface area contributed by atoms with Gasteiger partial charge in [-0.2, -0.15) is 0 Å². The van der Waals surface area contributed by atoms with E-state index in [2.05, 4.69) is 13.2 Å². The Kier molecular flexibility index (Phi) is 11.9. The van der Waals surface area contributed by atoms with E-state index in [1.54, 1.807) is 42.5 Å². The van der Waals surface area contributed by atoms with Crippen LogP contribution in [0.2, 0.25) is 0 Å². The minimum atomic E-state index is -0.638. The first-order valence-corrected chi connectivity index (χ1v) is 9.40. The van der Waals surface area contributed by atoms with Gasteiger partial charge in [-0.15, -0.1) is 0 Å². The first kappa shape index (κ1) is 24.1. The number of allylic oxidation sites excluding steroid dienone is 9. The third-order valence-electron chi connectivity index (χ3n) is 3.54. The highest BCUT2D eigenvalue weighted by Gasteiger charge is 2.28. The molecule has 27 heavy (non-hydrogen) atoms. The summed E-state index contributed by atoms with van der Waals surface area (Å²) in [5, 5.41) is 0. The Bertz CT molecular complexity index is 697. The van der Waals surface area contributed by atoms with Crippen molar-refractivity contribution in [2.75, 3.05) is 0 Å². The number of hydrogen-bond donors (Lipinski definition) is 0. The Morgan fingerprint density at radius 2 is 1.44 bits per heavy atom. The lowest BCUT2D eigenvalue weighted by Crippen LogP contribution is -2.23. The molecule has 0 spiro atoms. The van der Waals surface area contributed by atoms with Crippen LogP contribution in [0.15, 0.2) is 97.9 Å². The van der Waals surface area contributed by atoms with Crippen molar-refractivity contribution < 1.29 is 9.53 Å². The molecule has 0 saturated heterocycles. The molecule has 0 radical (unpaired) electrons. The van der Waals surface area contributed by atoms with E-state index in [9.17, 15) is 4.79 Å². The van der Waals surface area contributed by atoms with E-state index in [0.29, 0.717) is 17.1 Å². The zero-order valence-corrected chi connectivity index (χ0v) is 17.2. The maximum absolute atomic E-state index is 12.8. The molecule has 0 amide bonds. The molecule has 0 aromatic heterocycles. The molecule has 0 bridgehead atoms. The van der Waals surface area contributed by atoms with Crippen LogP contribution in [0.3, 0.4) is 0 Å². The SMILES string of the molecule is C=C/C=C(\C=C)Oc1ccc(C(=O)C2(C)C=CC=CC=C2)cc1.CC.CC. The van der Waals surface area contributed by atoms with Gasteiger partial charge < -0.3 is 4.74 Å². The van der Waals surface area contributed by atoms with Gasteiger partial charge in [0.05, 0.1) is 5.41 Å². The van der Waals surface area contributed by atoms with Crippen LogP contribution in [0.4, 0.5) is 0 Å². The predicted molar refractivity (Wildman–Crippen MR) is 118 cm³/mol. The van der Waals surface area contributed by atoms with Gasteiger partial charge in [0.1, 0.15) is 11.5 Å². The standard InChI is InChI=1S/C21H20O2.2C2H6/c1-4-10-18(5-2)23-19-13-11-17(12-14-19)20(22)21(3)15-8-6-7-9-16-21;2*1-2/h4-16H,1-2H2,3H3;2*1-2H3/b18-10+;;. The maximum Gasteiger partial charge on any atom is 0.176 e. The van der Waals surface area contributed by atoms with E-state index >= 15 is 0 Å². The number of carbonyl (C=O) groups is 1. The Balaban J connectivity index is 0.00000158.